The van der Waals surface area contributed by atoms with Crippen LogP contribution in [-0.2, 0) is 11.2 Å². The van der Waals surface area contributed by atoms with Crippen molar-refractivity contribution in [3.05, 3.63) is 60.1 Å². The van der Waals surface area contributed by atoms with Gasteiger partial charge in [-0.05, 0) is 30.4 Å². The highest BCUT2D eigenvalue weighted by Crippen LogP contribution is 2.28. The predicted molar refractivity (Wildman–Crippen MR) is 157 cm³/mol. The molecule has 0 aliphatic carbocycles. The number of quaternary nitrogens is 1. The van der Waals surface area contributed by atoms with Gasteiger partial charge < -0.3 is 24.6 Å². The van der Waals surface area contributed by atoms with Crippen molar-refractivity contribution in [1.82, 2.24) is 24.9 Å². The third kappa shape index (κ3) is 6.16. The van der Waals surface area contributed by atoms with Crippen LogP contribution < -0.4 is 16.3 Å². The van der Waals surface area contributed by atoms with E-state index in [1.54, 1.807) is 17.4 Å². The maximum Gasteiger partial charge on any atom is 0.221 e. The number of nitrogen functional groups attached to an aromatic ring is 1. The summed E-state index contributed by atoms with van der Waals surface area (Å²) < 4.78 is 12.5. The highest BCUT2D eigenvalue weighted by Gasteiger charge is 2.38. The Kier molecular flexibility index (Phi) is 8.43. The third-order valence-electron chi connectivity index (χ3n) is 7.47. The topological polar surface area (TPSA) is 128 Å². The fourth-order valence-corrected chi connectivity index (χ4v) is 5.04. The molecule has 4 N–H and O–H groups in total. The fraction of sp³-hybridized carbons (Fsp3) is 0.448. The largest absolute Gasteiger partial charge is 0.471 e. The molecule has 0 saturated carbocycles. The molecule has 1 unspecified atom stereocenters. The molecule has 0 spiro atoms. The summed E-state index contributed by atoms with van der Waals surface area (Å²) in [6, 6.07) is 10.4. The van der Waals surface area contributed by atoms with Crippen LogP contribution in [0.15, 0.2) is 53.8 Å². The quantitative estimate of drug-likeness (QED) is 0.307. The Morgan fingerprint density at radius 3 is 2.62 bits per heavy atom. The van der Waals surface area contributed by atoms with Crippen molar-refractivity contribution < 1.29 is 14.0 Å². The number of aliphatic imine (C=N–C) groups is 1. The average Bonchev–Trinajstić information content (AvgIpc) is 2.97. The van der Waals surface area contributed by atoms with Crippen molar-refractivity contribution in [2.24, 2.45) is 10.8 Å². The summed E-state index contributed by atoms with van der Waals surface area (Å²) >= 11 is 0. The SMILES string of the molecule is CCCCc1cc2ccccc2c(OCC[N+](C)(C)C2C=C(c3cnc(N)nc3)N=C(N3CCOCC3)N2N)n1. The van der Waals surface area contributed by atoms with Crippen LogP contribution in [-0.4, -0.2) is 95.0 Å². The second-order valence-corrected chi connectivity index (χ2v) is 10.8. The second-order valence-electron chi connectivity index (χ2n) is 10.8. The number of hydrazine groups is 1. The van der Waals surface area contributed by atoms with Gasteiger partial charge in [-0.1, -0.05) is 31.5 Å². The summed E-state index contributed by atoms with van der Waals surface area (Å²) in [7, 11) is 4.29. The monoisotopic (exact) mass is 546 g/mol. The minimum absolute atomic E-state index is 0.216. The Balaban J connectivity index is 1.38. The molecule has 0 amide bonds. The molecule has 4 heterocycles. The van der Waals surface area contributed by atoms with E-state index >= 15 is 0 Å². The molecule has 40 heavy (non-hydrogen) atoms. The highest BCUT2D eigenvalue weighted by molar-refractivity contribution is 5.89. The van der Waals surface area contributed by atoms with Crippen molar-refractivity contribution in [2.45, 2.75) is 32.4 Å². The van der Waals surface area contributed by atoms with E-state index in [9.17, 15) is 0 Å². The Labute approximate surface area is 235 Å². The number of hydrogen-bond donors (Lipinski definition) is 2. The molecule has 1 aromatic carbocycles. The van der Waals surface area contributed by atoms with Gasteiger partial charge in [0, 0.05) is 48.2 Å². The number of benzene rings is 1. The number of fused-ring (bicyclic) bond motifs is 1. The number of anilines is 1. The van der Waals surface area contributed by atoms with E-state index in [4.69, 9.17) is 31.0 Å². The molecule has 2 aliphatic rings. The van der Waals surface area contributed by atoms with Gasteiger partial charge in [-0.15, -0.1) is 0 Å². The van der Waals surface area contributed by atoms with Gasteiger partial charge in [0.2, 0.25) is 24.0 Å². The summed E-state index contributed by atoms with van der Waals surface area (Å²) in [6.07, 6.45) is 8.41. The minimum Gasteiger partial charge on any atom is -0.471 e. The first-order chi connectivity index (χ1) is 19.4. The van der Waals surface area contributed by atoms with Crippen molar-refractivity contribution in [3.63, 3.8) is 0 Å². The van der Waals surface area contributed by atoms with Crippen LogP contribution in [0.4, 0.5) is 5.95 Å². The van der Waals surface area contributed by atoms with Crippen molar-refractivity contribution in [2.75, 3.05) is 59.3 Å². The molecule has 2 aromatic heterocycles. The van der Waals surface area contributed by atoms with Crippen LogP contribution in [0.1, 0.15) is 31.0 Å². The first-order valence-corrected chi connectivity index (χ1v) is 13.9. The Bertz CT molecular complexity index is 1370. The second kappa shape index (κ2) is 12.2. The van der Waals surface area contributed by atoms with Crippen LogP contribution >= 0.6 is 0 Å². The number of rotatable bonds is 9. The molecule has 1 atom stereocenters. The number of aryl methyl sites for hydroxylation is 1. The fourth-order valence-electron chi connectivity index (χ4n) is 5.04. The molecule has 3 aromatic rings. The van der Waals surface area contributed by atoms with Gasteiger partial charge in [0.05, 0.1) is 33.0 Å². The van der Waals surface area contributed by atoms with Gasteiger partial charge in [0.1, 0.15) is 13.2 Å². The lowest BCUT2D eigenvalue weighted by atomic mass is 10.1. The first-order valence-electron chi connectivity index (χ1n) is 13.9. The summed E-state index contributed by atoms with van der Waals surface area (Å²) in [5, 5.41) is 3.93. The summed E-state index contributed by atoms with van der Waals surface area (Å²) in [5.74, 6) is 8.39. The number of morpholine rings is 1. The van der Waals surface area contributed by atoms with Crippen LogP contribution in [0.5, 0.6) is 5.88 Å². The number of ether oxygens (including phenoxy) is 2. The van der Waals surface area contributed by atoms with Gasteiger partial charge in [-0.25, -0.2) is 30.8 Å². The van der Waals surface area contributed by atoms with Crippen molar-refractivity contribution in [3.8, 4) is 5.88 Å². The summed E-state index contributed by atoms with van der Waals surface area (Å²) in [5.41, 5.74) is 8.35. The van der Waals surface area contributed by atoms with Gasteiger partial charge in [0.25, 0.3) is 0 Å². The number of hydrogen-bond acceptors (Lipinski definition) is 10. The molecular weight excluding hydrogens is 506 g/mol. The number of unbranched alkanes of at least 4 members (excludes halogenated alkanes) is 1. The lowest BCUT2D eigenvalue weighted by Crippen LogP contribution is -2.66. The van der Waals surface area contributed by atoms with Gasteiger partial charge >= 0.3 is 0 Å². The highest BCUT2D eigenvalue weighted by atomic mass is 16.5. The van der Waals surface area contributed by atoms with Gasteiger partial charge in [-0.3, -0.25) is 0 Å². The van der Waals surface area contributed by atoms with E-state index in [0.29, 0.717) is 55.8 Å². The van der Waals surface area contributed by atoms with E-state index < -0.39 is 0 Å². The Morgan fingerprint density at radius 2 is 1.88 bits per heavy atom. The van der Waals surface area contributed by atoms with Crippen LogP contribution in [0.3, 0.4) is 0 Å². The maximum atomic E-state index is 6.78. The van der Waals surface area contributed by atoms with Crippen molar-refractivity contribution >= 4 is 28.4 Å². The minimum atomic E-state index is -0.216. The van der Waals surface area contributed by atoms with Crippen LogP contribution in [0, 0.1) is 0 Å². The number of guanidine groups is 1. The number of nitrogens with zero attached hydrogens (tertiary/aromatic N) is 7. The normalized spacial score (nSPS) is 18.1. The molecule has 11 nitrogen and oxygen atoms in total. The molecule has 0 radical (unpaired) electrons. The molecule has 11 heteroatoms. The number of pyridine rings is 1. The molecule has 212 valence electrons. The van der Waals surface area contributed by atoms with E-state index in [1.165, 1.54) is 0 Å². The maximum absolute atomic E-state index is 6.78. The average molecular weight is 547 g/mol. The zero-order chi connectivity index (χ0) is 28.1. The molecular formula is C29H40N9O2+. The van der Waals surface area contributed by atoms with Crippen LogP contribution in [0.25, 0.3) is 16.5 Å². The smallest absolute Gasteiger partial charge is 0.221 e. The van der Waals surface area contributed by atoms with Gasteiger partial charge in [-0.2, -0.15) is 0 Å². The molecule has 1 fully saturated rings. The zero-order valence-corrected chi connectivity index (χ0v) is 23.7. The van der Waals surface area contributed by atoms with E-state index in [-0.39, 0.29) is 12.1 Å². The number of nitrogens with two attached hydrogens (primary N) is 2. The molecule has 5 rings (SSSR count). The lowest BCUT2D eigenvalue weighted by molar-refractivity contribution is -0.918. The summed E-state index contributed by atoms with van der Waals surface area (Å²) in [6.45, 7) is 6.05. The van der Waals surface area contributed by atoms with Crippen LogP contribution in [0.2, 0.25) is 0 Å². The standard InChI is InChI=1S/C29H40N9O2/c1-4-5-9-23-17-21-8-6-7-10-24(21)27(34-23)40-16-13-38(2,3)26-18-25(22-19-32-28(30)33-20-22)35-29(37(26)31)36-11-14-39-15-12-36/h6-8,10,17-20,26H,4-5,9,11-16,31H2,1-3H3,(H2,30,32,33)/q+1. The molecule has 2 aliphatic heterocycles. The summed E-state index contributed by atoms with van der Waals surface area (Å²) in [4.78, 5) is 20.3. The van der Waals surface area contributed by atoms with E-state index in [0.717, 1.165) is 47.0 Å². The molecule has 0 bridgehead atoms. The van der Waals surface area contributed by atoms with Crippen molar-refractivity contribution in [1.29, 1.82) is 0 Å². The van der Waals surface area contributed by atoms with E-state index in [2.05, 4.69) is 66.2 Å². The lowest BCUT2D eigenvalue weighted by Gasteiger charge is -2.45. The first kappa shape index (κ1) is 27.8. The Hall–Kier alpha value is -3.80. The Morgan fingerprint density at radius 1 is 1.12 bits per heavy atom. The van der Waals surface area contributed by atoms with E-state index in [1.807, 2.05) is 6.07 Å². The predicted octanol–water partition coefficient (Wildman–Crippen LogP) is 2.65. The number of aromatic nitrogens is 3. The third-order valence-corrected chi connectivity index (χ3v) is 7.47. The number of likely N-dealkylation sites (N-methyl/N-ethyl adjacent to an activating group) is 1. The zero-order valence-electron chi connectivity index (χ0n) is 23.7. The molecule has 1 saturated heterocycles. The van der Waals surface area contributed by atoms with Gasteiger partial charge in [0.15, 0.2) is 0 Å².